The maximum absolute atomic E-state index is 6.03. The van der Waals surface area contributed by atoms with Crippen molar-refractivity contribution < 1.29 is 4.74 Å². The van der Waals surface area contributed by atoms with Crippen LogP contribution in [0.2, 0.25) is 0 Å². The first-order valence-electron chi connectivity index (χ1n) is 7.24. The van der Waals surface area contributed by atoms with Crippen LogP contribution in [-0.2, 0) is 4.74 Å². The van der Waals surface area contributed by atoms with Gasteiger partial charge in [0, 0.05) is 12.6 Å². The maximum atomic E-state index is 6.03. The van der Waals surface area contributed by atoms with E-state index in [9.17, 15) is 0 Å². The fourth-order valence-electron chi connectivity index (χ4n) is 3.10. The molecule has 0 heterocycles. The van der Waals surface area contributed by atoms with Crippen molar-refractivity contribution in [3.05, 3.63) is 0 Å². The highest BCUT2D eigenvalue weighted by atomic mass is 16.5. The van der Waals surface area contributed by atoms with Crippen LogP contribution in [0.3, 0.4) is 0 Å². The normalized spacial score (nSPS) is 28.6. The summed E-state index contributed by atoms with van der Waals surface area (Å²) in [6.07, 6.45) is 5.45. The number of ether oxygens (including phenoxy) is 1. The Morgan fingerprint density at radius 3 is 2.59 bits per heavy atom. The Morgan fingerprint density at radius 1 is 1.29 bits per heavy atom. The van der Waals surface area contributed by atoms with Crippen molar-refractivity contribution in [2.24, 2.45) is 11.3 Å². The molecule has 17 heavy (non-hydrogen) atoms. The largest absolute Gasteiger partial charge is 0.378 e. The molecule has 1 aliphatic rings. The van der Waals surface area contributed by atoms with E-state index in [-0.39, 0.29) is 0 Å². The lowest BCUT2D eigenvalue weighted by atomic mass is 9.71. The van der Waals surface area contributed by atoms with Gasteiger partial charge in [-0.25, -0.2) is 0 Å². The zero-order chi connectivity index (χ0) is 12.9. The Labute approximate surface area is 108 Å². The molecule has 1 fully saturated rings. The molecule has 0 radical (unpaired) electrons. The SMILES string of the molecule is CC1CC(OCCCNC(C)C)CC(C)(C)C1. The molecule has 0 aliphatic heterocycles. The molecular formula is C15H31NO. The lowest BCUT2D eigenvalue weighted by Gasteiger charge is -2.38. The summed E-state index contributed by atoms with van der Waals surface area (Å²) in [6, 6.07) is 0.587. The van der Waals surface area contributed by atoms with Crippen molar-refractivity contribution in [3.63, 3.8) is 0 Å². The van der Waals surface area contributed by atoms with Crippen molar-refractivity contribution in [2.75, 3.05) is 13.2 Å². The van der Waals surface area contributed by atoms with Gasteiger partial charge in [-0.2, -0.15) is 0 Å². The Balaban J connectivity index is 2.14. The topological polar surface area (TPSA) is 21.3 Å². The van der Waals surface area contributed by atoms with Crippen molar-refractivity contribution >= 4 is 0 Å². The van der Waals surface area contributed by atoms with Crippen LogP contribution in [0.1, 0.15) is 60.3 Å². The predicted molar refractivity (Wildman–Crippen MR) is 74.3 cm³/mol. The second-order valence-electron chi connectivity index (χ2n) is 6.87. The third-order valence-corrected chi connectivity index (χ3v) is 3.57. The van der Waals surface area contributed by atoms with E-state index in [0.29, 0.717) is 17.6 Å². The summed E-state index contributed by atoms with van der Waals surface area (Å²) in [5.41, 5.74) is 0.471. The lowest BCUT2D eigenvalue weighted by molar-refractivity contribution is -0.0234. The summed E-state index contributed by atoms with van der Waals surface area (Å²) in [7, 11) is 0. The Morgan fingerprint density at radius 2 is 2.00 bits per heavy atom. The molecule has 0 saturated heterocycles. The second-order valence-corrected chi connectivity index (χ2v) is 6.87. The molecule has 0 bridgehead atoms. The fraction of sp³-hybridized carbons (Fsp3) is 1.00. The lowest BCUT2D eigenvalue weighted by Crippen LogP contribution is -2.33. The van der Waals surface area contributed by atoms with E-state index in [4.69, 9.17) is 4.74 Å². The summed E-state index contributed by atoms with van der Waals surface area (Å²) < 4.78 is 6.03. The minimum absolute atomic E-state index is 0.471. The third kappa shape index (κ3) is 6.42. The van der Waals surface area contributed by atoms with E-state index in [1.54, 1.807) is 0 Å². The molecule has 0 aromatic carbocycles. The third-order valence-electron chi connectivity index (χ3n) is 3.57. The standard InChI is InChI=1S/C15H31NO/c1-12(2)16-7-6-8-17-14-9-13(3)10-15(4,5)11-14/h12-14,16H,6-11H2,1-5H3. The Bertz CT molecular complexity index is 213. The number of nitrogens with one attached hydrogen (secondary N) is 1. The van der Waals surface area contributed by atoms with Crippen LogP contribution in [0.4, 0.5) is 0 Å². The van der Waals surface area contributed by atoms with Gasteiger partial charge in [-0.05, 0) is 43.6 Å². The smallest absolute Gasteiger partial charge is 0.0582 e. The molecule has 2 atom stereocenters. The minimum Gasteiger partial charge on any atom is -0.378 e. The molecule has 2 nitrogen and oxygen atoms in total. The summed E-state index contributed by atoms with van der Waals surface area (Å²) in [5.74, 6) is 0.817. The molecule has 1 N–H and O–H groups in total. The van der Waals surface area contributed by atoms with Crippen molar-refractivity contribution in [1.82, 2.24) is 5.32 Å². The highest BCUT2D eigenvalue weighted by molar-refractivity contribution is 4.83. The van der Waals surface area contributed by atoms with E-state index in [0.717, 1.165) is 25.5 Å². The first kappa shape index (κ1) is 15.0. The van der Waals surface area contributed by atoms with Gasteiger partial charge < -0.3 is 10.1 Å². The molecule has 2 heteroatoms. The number of rotatable bonds is 6. The molecule has 0 aromatic heterocycles. The van der Waals surface area contributed by atoms with E-state index < -0.39 is 0 Å². The average molecular weight is 241 g/mol. The van der Waals surface area contributed by atoms with Crippen LogP contribution in [0, 0.1) is 11.3 Å². The number of hydrogen-bond acceptors (Lipinski definition) is 2. The molecular weight excluding hydrogens is 210 g/mol. The molecule has 0 spiro atoms. The van der Waals surface area contributed by atoms with Crippen molar-refractivity contribution in [1.29, 1.82) is 0 Å². The van der Waals surface area contributed by atoms with Gasteiger partial charge in [0.2, 0.25) is 0 Å². The van der Waals surface area contributed by atoms with Gasteiger partial charge in [-0.15, -0.1) is 0 Å². The molecule has 2 unspecified atom stereocenters. The van der Waals surface area contributed by atoms with Crippen LogP contribution in [0.5, 0.6) is 0 Å². The maximum Gasteiger partial charge on any atom is 0.0582 e. The quantitative estimate of drug-likeness (QED) is 0.717. The van der Waals surface area contributed by atoms with Crippen LogP contribution < -0.4 is 5.32 Å². The summed E-state index contributed by atoms with van der Waals surface area (Å²) in [6.45, 7) is 13.5. The molecule has 0 amide bonds. The fourth-order valence-corrected chi connectivity index (χ4v) is 3.10. The van der Waals surface area contributed by atoms with E-state index in [1.165, 1.54) is 19.3 Å². The van der Waals surface area contributed by atoms with Gasteiger partial charge in [0.25, 0.3) is 0 Å². The van der Waals surface area contributed by atoms with Gasteiger partial charge in [0.1, 0.15) is 0 Å². The highest BCUT2D eigenvalue weighted by Gasteiger charge is 2.32. The minimum atomic E-state index is 0.471. The van der Waals surface area contributed by atoms with Crippen molar-refractivity contribution in [2.45, 2.75) is 72.4 Å². The van der Waals surface area contributed by atoms with Crippen molar-refractivity contribution in [3.8, 4) is 0 Å². The summed E-state index contributed by atoms with van der Waals surface area (Å²) in [4.78, 5) is 0. The van der Waals surface area contributed by atoms with Gasteiger partial charge in [0.05, 0.1) is 6.10 Å². The Kier molecular flexibility index (Phi) is 5.94. The van der Waals surface area contributed by atoms with Gasteiger partial charge in [0.15, 0.2) is 0 Å². The molecule has 1 rings (SSSR count). The van der Waals surface area contributed by atoms with Gasteiger partial charge in [-0.1, -0.05) is 34.6 Å². The molecule has 1 saturated carbocycles. The van der Waals surface area contributed by atoms with Crippen LogP contribution in [0.15, 0.2) is 0 Å². The van der Waals surface area contributed by atoms with E-state index in [1.807, 2.05) is 0 Å². The molecule has 102 valence electrons. The van der Waals surface area contributed by atoms with E-state index in [2.05, 4.69) is 39.9 Å². The summed E-state index contributed by atoms with van der Waals surface area (Å²) >= 11 is 0. The van der Waals surface area contributed by atoms with Crippen LogP contribution in [-0.4, -0.2) is 25.3 Å². The molecule has 1 aliphatic carbocycles. The van der Waals surface area contributed by atoms with Gasteiger partial charge in [-0.3, -0.25) is 0 Å². The highest BCUT2D eigenvalue weighted by Crippen LogP contribution is 2.39. The second kappa shape index (κ2) is 6.75. The zero-order valence-corrected chi connectivity index (χ0v) is 12.4. The summed E-state index contributed by atoms with van der Waals surface area (Å²) in [5, 5.41) is 3.43. The molecule has 0 aromatic rings. The average Bonchev–Trinajstić information content (AvgIpc) is 2.13. The number of hydrogen-bond donors (Lipinski definition) is 1. The van der Waals surface area contributed by atoms with Gasteiger partial charge >= 0.3 is 0 Å². The zero-order valence-electron chi connectivity index (χ0n) is 12.4. The predicted octanol–water partition coefficient (Wildman–Crippen LogP) is 3.61. The monoisotopic (exact) mass is 241 g/mol. The first-order chi connectivity index (χ1) is 7.89. The van der Waals surface area contributed by atoms with Crippen LogP contribution >= 0.6 is 0 Å². The Hall–Kier alpha value is -0.0800. The van der Waals surface area contributed by atoms with E-state index >= 15 is 0 Å². The van der Waals surface area contributed by atoms with Crippen LogP contribution in [0.25, 0.3) is 0 Å². The first-order valence-corrected chi connectivity index (χ1v) is 7.24.